The van der Waals surface area contributed by atoms with Gasteiger partial charge in [0.15, 0.2) is 0 Å². The molecule has 304 valence electrons. The minimum Gasteiger partial charge on any atom is -0.462 e. The van der Waals surface area contributed by atoms with E-state index in [4.69, 9.17) is 18.9 Å². The van der Waals surface area contributed by atoms with Gasteiger partial charge in [-0.25, -0.2) is 19.2 Å². The SMILES string of the molecule is CCCCCCOC(=O)c1ccc2c3ccc(C(=O)OCCCCCC)c4c(C(=O)OCCCCCC)cc5sc6cc(C(=O)OCCCCCC)c1c2c6c5c43. The van der Waals surface area contributed by atoms with E-state index < -0.39 is 23.9 Å². The zero-order valence-corrected chi connectivity index (χ0v) is 35.1. The summed E-state index contributed by atoms with van der Waals surface area (Å²) < 4.78 is 25.1. The third-order valence-corrected chi connectivity index (χ3v) is 12.1. The molecule has 0 aliphatic heterocycles. The Morgan fingerprint density at radius 3 is 1.02 bits per heavy atom. The van der Waals surface area contributed by atoms with Crippen LogP contribution < -0.4 is 0 Å². The number of unbranched alkanes of at least 4 members (excludes halogenated alkanes) is 12. The summed E-state index contributed by atoms with van der Waals surface area (Å²) in [4.78, 5) is 55.9. The molecule has 9 heteroatoms. The van der Waals surface area contributed by atoms with Gasteiger partial charge in [0.2, 0.25) is 0 Å². The Kier molecular flexibility index (Phi) is 15.0. The van der Waals surface area contributed by atoms with Gasteiger partial charge in [0.25, 0.3) is 0 Å². The fraction of sp³-hybridized carbons (Fsp3) is 0.500. The number of fused-ring (bicyclic) bond motifs is 1. The molecular formula is C48H58O8S. The number of thiophene rings is 1. The Balaban J connectivity index is 1.55. The van der Waals surface area contributed by atoms with Crippen LogP contribution in [0.2, 0.25) is 0 Å². The second kappa shape index (κ2) is 20.3. The fourth-order valence-electron chi connectivity index (χ4n) is 8.05. The molecule has 0 unspecified atom stereocenters. The summed E-state index contributed by atoms with van der Waals surface area (Å²) in [7, 11) is 0. The van der Waals surface area contributed by atoms with Crippen LogP contribution in [-0.4, -0.2) is 50.3 Å². The highest BCUT2D eigenvalue weighted by molar-refractivity contribution is 7.26. The number of rotatable bonds is 24. The maximum absolute atomic E-state index is 14.1. The molecule has 6 rings (SSSR count). The summed E-state index contributed by atoms with van der Waals surface area (Å²) in [6, 6.07) is 10.9. The lowest BCUT2D eigenvalue weighted by molar-refractivity contribution is 0.0483. The molecule has 0 radical (unpaired) electrons. The number of ether oxygens (including phenoxy) is 4. The summed E-state index contributed by atoms with van der Waals surface area (Å²) in [6.45, 7) is 9.71. The van der Waals surface area contributed by atoms with Crippen LogP contribution in [0.1, 0.15) is 172 Å². The lowest BCUT2D eigenvalue weighted by Crippen LogP contribution is -2.13. The van der Waals surface area contributed by atoms with Gasteiger partial charge in [0.05, 0.1) is 48.7 Å². The molecule has 57 heavy (non-hydrogen) atoms. The first-order valence-electron chi connectivity index (χ1n) is 21.5. The largest absolute Gasteiger partial charge is 0.462 e. The fourth-order valence-corrected chi connectivity index (χ4v) is 9.26. The van der Waals surface area contributed by atoms with Crippen LogP contribution in [0.25, 0.3) is 52.5 Å². The minimum atomic E-state index is -0.486. The van der Waals surface area contributed by atoms with Crippen LogP contribution in [0.4, 0.5) is 0 Å². The van der Waals surface area contributed by atoms with Crippen molar-refractivity contribution in [3.05, 3.63) is 58.7 Å². The van der Waals surface area contributed by atoms with E-state index in [0.29, 0.717) is 46.2 Å². The van der Waals surface area contributed by atoms with Crippen molar-refractivity contribution in [3.8, 4) is 0 Å². The molecule has 0 amide bonds. The lowest BCUT2D eigenvalue weighted by atomic mass is 9.84. The van der Waals surface area contributed by atoms with Gasteiger partial charge in [-0.3, -0.25) is 0 Å². The highest BCUT2D eigenvalue weighted by Crippen LogP contribution is 2.51. The Morgan fingerprint density at radius 1 is 0.386 bits per heavy atom. The molecule has 5 aromatic carbocycles. The summed E-state index contributed by atoms with van der Waals surface area (Å²) in [6.07, 6.45) is 15.5. The van der Waals surface area contributed by atoms with Gasteiger partial charge < -0.3 is 18.9 Å². The molecule has 0 atom stereocenters. The zero-order valence-electron chi connectivity index (χ0n) is 34.3. The van der Waals surface area contributed by atoms with E-state index in [-0.39, 0.29) is 13.2 Å². The van der Waals surface area contributed by atoms with Crippen molar-refractivity contribution in [1.29, 1.82) is 0 Å². The van der Waals surface area contributed by atoms with E-state index >= 15 is 0 Å². The van der Waals surface area contributed by atoms with Gasteiger partial charge in [0, 0.05) is 41.7 Å². The Bertz CT molecular complexity index is 2140. The molecule has 0 aliphatic carbocycles. The first-order chi connectivity index (χ1) is 27.9. The van der Waals surface area contributed by atoms with Crippen molar-refractivity contribution in [2.75, 3.05) is 26.4 Å². The van der Waals surface area contributed by atoms with Crippen molar-refractivity contribution in [1.82, 2.24) is 0 Å². The first kappa shape index (κ1) is 42.1. The van der Waals surface area contributed by atoms with E-state index in [1.807, 2.05) is 24.3 Å². The van der Waals surface area contributed by atoms with Crippen LogP contribution in [0.5, 0.6) is 0 Å². The lowest BCUT2D eigenvalue weighted by Gasteiger charge is -2.19. The van der Waals surface area contributed by atoms with E-state index in [9.17, 15) is 19.2 Å². The van der Waals surface area contributed by atoms with Gasteiger partial charge in [0.1, 0.15) is 0 Å². The van der Waals surface area contributed by atoms with Gasteiger partial charge >= 0.3 is 23.9 Å². The number of carbonyl (C=O) groups is 4. The quantitative estimate of drug-likeness (QED) is 0.0196. The topological polar surface area (TPSA) is 105 Å². The van der Waals surface area contributed by atoms with Crippen LogP contribution in [0, 0.1) is 0 Å². The van der Waals surface area contributed by atoms with Gasteiger partial charge in [-0.2, -0.15) is 0 Å². The van der Waals surface area contributed by atoms with Gasteiger partial charge in [-0.05, 0) is 60.7 Å². The highest BCUT2D eigenvalue weighted by Gasteiger charge is 2.31. The Morgan fingerprint density at radius 2 is 0.702 bits per heavy atom. The molecule has 0 spiro atoms. The van der Waals surface area contributed by atoms with E-state index in [1.54, 1.807) is 12.1 Å². The molecule has 0 aliphatic rings. The van der Waals surface area contributed by atoms with Crippen LogP contribution >= 0.6 is 11.3 Å². The third-order valence-electron chi connectivity index (χ3n) is 11.1. The monoisotopic (exact) mass is 794 g/mol. The maximum atomic E-state index is 14.1. The highest BCUT2D eigenvalue weighted by atomic mass is 32.1. The molecular weight excluding hydrogens is 737 g/mol. The van der Waals surface area contributed by atoms with Crippen molar-refractivity contribution in [2.45, 2.75) is 130 Å². The summed E-state index contributed by atoms with van der Waals surface area (Å²) in [5, 5.41) is 5.89. The van der Waals surface area contributed by atoms with Crippen LogP contribution in [-0.2, 0) is 18.9 Å². The molecule has 1 heterocycles. The van der Waals surface area contributed by atoms with Crippen LogP contribution in [0.15, 0.2) is 36.4 Å². The number of esters is 4. The number of hydrogen-bond acceptors (Lipinski definition) is 9. The third kappa shape index (κ3) is 9.14. The number of benzene rings is 5. The molecule has 1 aromatic heterocycles. The molecule has 6 aromatic rings. The second-order valence-corrected chi connectivity index (χ2v) is 16.4. The predicted molar refractivity (Wildman–Crippen MR) is 232 cm³/mol. The predicted octanol–water partition coefficient (Wildman–Crippen LogP) is 13.3. The summed E-state index contributed by atoms with van der Waals surface area (Å²) in [5.74, 6) is -1.93. The van der Waals surface area contributed by atoms with E-state index in [1.165, 1.54) is 11.3 Å². The standard InChI is InChI=1S/C48H58O8S/c1-5-9-13-17-25-53-45(49)33-23-21-31-32-22-24-34(46(50)54-26-18-14-10-6-2)40-36(48(52)56-28-20-16-12-8-4)30-38-44(42(32)40)43-37(57-38)29-35(39(33)41(31)43)47(51)55-27-19-15-11-7-3/h21-24,29-30H,5-20,25-28H2,1-4H3. The van der Waals surface area contributed by atoms with Gasteiger partial charge in [-0.15, -0.1) is 11.3 Å². The Hall–Kier alpha value is -4.50. The maximum Gasteiger partial charge on any atom is 0.338 e. The summed E-state index contributed by atoms with van der Waals surface area (Å²) >= 11 is 1.47. The average molecular weight is 795 g/mol. The van der Waals surface area contributed by atoms with Crippen molar-refractivity contribution in [3.63, 3.8) is 0 Å². The molecule has 0 bridgehead atoms. The van der Waals surface area contributed by atoms with Crippen molar-refractivity contribution in [2.24, 2.45) is 0 Å². The minimum absolute atomic E-state index is 0.284. The van der Waals surface area contributed by atoms with E-state index in [0.717, 1.165) is 144 Å². The molecule has 0 fully saturated rings. The molecule has 0 N–H and O–H groups in total. The normalized spacial score (nSPS) is 11.8. The van der Waals surface area contributed by atoms with Gasteiger partial charge in [-0.1, -0.05) is 117 Å². The van der Waals surface area contributed by atoms with Crippen molar-refractivity contribution < 1.29 is 38.1 Å². The molecule has 0 saturated carbocycles. The molecule has 8 nitrogen and oxygen atoms in total. The first-order valence-corrected chi connectivity index (χ1v) is 22.3. The second-order valence-electron chi connectivity index (χ2n) is 15.3. The Labute approximate surface area is 340 Å². The van der Waals surface area contributed by atoms with Crippen molar-refractivity contribution >= 4 is 87.7 Å². The average Bonchev–Trinajstić information content (AvgIpc) is 3.60. The number of hydrogen-bond donors (Lipinski definition) is 0. The van der Waals surface area contributed by atoms with Crippen LogP contribution in [0.3, 0.4) is 0 Å². The number of carbonyl (C=O) groups excluding carboxylic acids is 4. The smallest absolute Gasteiger partial charge is 0.338 e. The van der Waals surface area contributed by atoms with E-state index in [2.05, 4.69) is 27.7 Å². The summed E-state index contributed by atoms with van der Waals surface area (Å²) in [5.41, 5.74) is 1.26. The molecule has 0 saturated heterocycles. The zero-order chi connectivity index (χ0) is 40.3.